The van der Waals surface area contributed by atoms with Crippen molar-refractivity contribution in [2.24, 2.45) is 0 Å². The van der Waals surface area contributed by atoms with Crippen LogP contribution in [0.1, 0.15) is 19.8 Å². The lowest BCUT2D eigenvalue weighted by Gasteiger charge is -2.23. The van der Waals surface area contributed by atoms with E-state index in [2.05, 4.69) is 6.07 Å². The first-order valence-corrected chi connectivity index (χ1v) is 4.01. The van der Waals surface area contributed by atoms with Crippen LogP contribution in [0.5, 0.6) is 0 Å². The summed E-state index contributed by atoms with van der Waals surface area (Å²) in [7, 11) is 0. The fourth-order valence-electron chi connectivity index (χ4n) is 1.61. The SMILES string of the molecule is CC(C#N)N1CCCC1CF. The molecular weight excluding hydrogens is 143 g/mol. The maximum Gasteiger partial charge on any atom is 0.105 e. The molecule has 1 rings (SSSR count). The highest BCUT2D eigenvalue weighted by Crippen LogP contribution is 2.19. The number of nitriles is 1. The number of hydrogen-bond acceptors (Lipinski definition) is 2. The second-order valence-corrected chi connectivity index (χ2v) is 2.99. The third-order valence-electron chi connectivity index (χ3n) is 2.29. The van der Waals surface area contributed by atoms with Gasteiger partial charge in [0.25, 0.3) is 0 Å². The molecule has 1 saturated heterocycles. The van der Waals surface area contributed by atoms with Gasteiger partial charge in [-0.3, -0.25) is 4.90 Å². The highest BCUT2D eigenvalue weighted by molar-refractivity contribution is 4.93. The lowest BCUT2D eigenvalue weighted by molar-refractivity contribution is 0.193. The fourth-order valence-corrected chi connectivity index (χ4v) is 1.61. The number of rotatable bonds is 2. The standard InChI is InChI=1S/C8H13FN2/c1-7(6-10)11-4-2-3-8(11)5-9/h7-8H,2-5H2,1H3. The lowest BCUT2D eigenvalue weighted by Crippen LogP contribution is -2.37. The molecule has 1 aliphatic heterocycles. The van der Waals surface area contributed by atoms with Crippen LogP contribution in [0.15, 0.2) is 0 Å². The Morgan fingerprint density at radius 2 is 2.55 bits per heavy atom. The Hall–Kier alpha value is -0.620. The molecular formula is C8H13FN2. The quantitative estimate of drug-likeness (QED) is 0.603. The predicted molar refractivity (Wildman–Crippen MR) is 40.8 cm³/mol. The van der Waals surface area contributed by atoms with E-state index in [4.69, 9.17) is 5.26 Å². The molecule has 0 aliphatic carbocycles. The van der Waals surface area contributed by atoms with Crippen molar-refractivity contribution >= 4 is 0 Å². The zero-order chi connectivity index (χ0) is 8.27. The minimum absolute atomic E-state index is 0.00431. The Morgan fingerprint density at radius 1 is 1.82 bits per heavy atom. The zero-order valence-corrected chi connectivity index (χ0v) is 6.76. The topological polar surface area (TPSA) is 27.0 Å². The zero-order valence-electron chi connectivity index (χ0n) is 6.76. The minimum Gasteiger partial charge on any atom is -0.283 e. The monoisotopic (exact) mass is 156 g/mol. The van der Waals surface area contributed by atoms with Crippen molar-refractivity contribution in [3.63, 3.8) is 0 Å². The lowest BCUT2D eigenvalue weighted by atomic mass is 10.2. The van der Waals surface area contributed by atoms with E-state index in [9.17, 15) is 4.39 Å². The van der Waals surface area contributed by atoms with Gasteiger partial charge in [0.05, 0.1) is 12.1 Å². The fraction of sp³-hybridized carbons (Fsp3) is 0.875. The van der Waals surface area contributed by atoms with Gasteiger partial charge in [0.15, 0.2) is 0 Å². The van der Waals surface area contributed by atoms with Crippen molar-refractivity contribution in [2.45, 2.75) is 31.8 Å². The van der Waals surface area contributed by atoms with Crippen molar-refractivity contribution < 1.29 is 4.39 Å². The number of hydrogen-bond donors (Lipinski definition) is 0. The van der Waals surface area contributed by atoms with Crippen molar-refractivity contribution in [3.8, 4) is 6.07 Å². The molecule has 3 heteroatoms. The molecule has 62 valence electrons. The Morgan fingerprint density at radius 3 is 3.09 bits per heavy atom. The van der Waals surface area contributed by atoms with Gasteiger partial charge >= 0.3 is 0 Å². The molecule has 1 fully saturated rings. The number of likely N-dealkylation sites (tertiary alicyclic amines) is 1. The first-order chi connectivity index (χ1) is 5.29. The van der Waals surface area contributed by atoms with Crippen molar-refractivity contribution in [2.75, 3.05) is 13.2 Å². The average Bonchev–Trinajstić information content (AvgIpc) is 2.50. The second-order valence-electron chi connectivity index (χ2n) is 2.99. The molecule has 2 nitrogen and oxygen atoms in total. The molecule has 11 heavy (non-hydrogen) atoms. The van der Waals surface area contributed by atoms with E-state index in [1.54, 1.807) is 0 Å². The Labute approximate surface area is 66.6 Å². The number of halogens is 1. The molecule has 2 atom stereocenters. The summed E-state index contributed by atoms with van der Waals surface area (Å²) >= 11 is 0. The summed E-state index contributed by atoms with van der Waals surface area (Å²) in [5.74, 6) is 0. The smallest absolute Gasteiger partial charge is 0.105 e. The highest BCUT2D eigenvalue weighted by atomic mass is 19.1. The van der Waals surface area contributed by atoms with Gasteiger partial charge in [-0.05, 0) is 26.3 Å². The number of nitrogens with zero attached hydrogens (tertiary/aromatic N) is 2. The van der Waals surface area contributed by atoms with Gasteiger partial charge in [-0.1, -0.05) is 0 Å². The van der Waals surface area contributed by atoms with E-state index in [-0.39, 0.29) is 18.8 Å². The van der Waals surface area contributed by atoms with Crippen LogP contribution in [0.3, 0.4) is 0 Å². The summed E-state index contributed by atoms with van der Waals surface area (Å²) in [5, 5.41) is 8.59. The van der Waals surface area contributed by atoms with Gasteiger partial charge < -0.3 is 0 Å². The normalized spacial score (nSPS) is 28.3. The summed E-state index contributed by atoms with van der Waals surface area (Å²) in [4.78, 5) is 1.94. The van der Waals surface area contributed by atoms with Gasteiger partial charge in [-0.2, -0.15) is 5.26 Å². The molecule has 0 radical (unpaired) electrons. The van der Waals surface area contributed by atoms with Crippen LogP contribution in [0.4, 0.5) is 4.39 Å². The van der Waals surface area contributed by atoms with Crippen LogP contribution in [-0.4, -0.2) is 30.2 Å². The van der Waals surface area contributed by atoms with Crippen LogP contribution in [0.25, 0.3) is 0 Å². The largest absolute Gasteiger partial charge is 0.283 e. The summed E-state index contributed by atoms with van der Waals surface area (Å²) in [6.45, 7) is 2.39. The van der Waals surface area contributed by atoms with Crippen molar-refractivity contribution in [1.82, 2.24) is 4.90 Å². The maximum atomic E-state index is 12.3. The molecule has 0 aromatic heterocycles. The van der Waals surface area contributed by atoms with E-state index in [1.165, 1.54) is 0 Å². The van der Waals surface area contributed by atoms with Crippen LogP contribution >= 0.6 is 0 Å². The molecule has 0 bridgehead atoms. The van der Waals surface area contributed by atoms with Crippen LogP contribution < -0.4 is 0 Å². The van der Waals surface area contributed by atoms with Crippen molar-refractivity contribution in [1.29, 1.82) is 5.26 Å². The molecule has 0 spiro atoms. The molecule has 2 unspecified atom stereocenters. The van der Waals surface area contributed by atoms with Gasteiger partial charge in [0, 0.05) is 6.04 Å². The minimum atomic E-state index is -0.313. The summed E-state index contributed by atoms with van der Waals surface area (Å²) < 4.78 is 12.3. The first kappa shape index (κ1) is 8.48. The summed E-state index contributed by atoms with van der Waals surface area (Å²) in [6, 6.07) is 2.01. The number of alkyl halides is 1. The first-order valence-electron chi connectivity index (χ1n) is 4.01. The second kappa shape index (κ2) is 3.68. The molecule has 1 aliphatic rings. The van der Waals surface area contributed by atoms with E-state index >= 15 is 0 Å². The van der Waals surface area contributed by atoms with E-state index < -0.39 is 0 Å². The van der Waals surface area contributed by atoms with Gasteiger partial charge in [0.1, 0.15) is 6.67 Å². The van der Waals surface area contributed by atoms with E-state index in [1.807, 2.05) is 11.8 Å². The van der Waals surface area contributed by atoms with Crippen LogP contribution in [0.2, 0.25) is 0 Å². The van der Waals surface area contributed by atoms with Crippen molar-refractivity contribution in [3.05, 3.63) is 0 Å². The van der Waals surface area contributed by atoms with Gasteiger partial charge in [-0.25, -0.2) is 4.39 Å². The molecule has 0 saturated carbocycles. The van der Waals surface area contributed by atoms with Gasteiger partial charge in [-0.15, -0.1) is 0 Å². The molecule has 0 N–H and O–H groups in total. The molecule has 1 heterocycles. The summed E-state index contributed by atoms with van der Waals surface area (Å²) in [5.41, 5.74) is 0. The third-order valence-corrected chi connectivity index (χ3v) is 2.29. The predicted octanol–water partition coefficient (Wildman–Crippen LogP) is 1.33. The highest BCUT2D eigenvalue weighted by Gasteiger charge is 2.27. The van der Waals surface area contributed by atoms with Gasteiger partial charge in [0.2, 0.25) is 0 Å². The maximum absolute atomic E-state index is 12.3. The average molecular weight is 156 g/mol. The van der Waals surface area contributed by atoms with Crippen LogP contribution in [-0.2, 0) is 0 Å². The molecule has 0 aromatic rings. The molecule has 0 amide bonds. The van der Waals surface area contributed by atoms with E-state index in [0.29, 0.717) is 0 Å². The van der Waals surface area contributed by atoms with Crippen LogP contribution in [0, 0.1) is 11.3 Å². The van der Waals surface area contributed by atoms with E-state index in [0.717, 1.165) is 19.4 Å². The molecule has 0 aromatic carbocycles. The third kappa shape index (κ3) is 1.69. The Kier molecular flexibility index (Phi) is 2.84. The Bertz CT molecular complexity index is 164. The Balaban J connectivity index is 2.50. The summed E-state index contributed by atoms with van der Waals surface area (Å²) in [6.07, 6.45) is 1.93.